The highest BCUT2D eigenvalue weighted by molar-refractivity contribution is 5.69. The SMILES string of the molecule is CC(C)(C)OC(=O)N1[C@H]2CC[C@H]1CC(NCCc1ccccc1F)C2. The first-order chi connectivity index (χ1) is 11.8. The van der Waals surface area contributed by atoms with Crippen LogP contribution in [-0.2, 0) is 11.2 Å². The Morgan fingerprint density at radius 2 is 1.88 bits per heavy atom. The first kappa shape index (κ1) is 18.2. The second-order valence-corrected chi connectivity index (χ2v) is 8.24. The molecule has 2 heterocycles. The van der Waals surface area contributed by atoms with E-state index in [1.165, 1.54) is 6.07 Å². The summed E-state index contributed by atoms with van der Waals surface area (Å²) in [4.78, 5) is 14.4. The van der Waals surface area contributed by atoms with Crippen molar-refractivity contribution in [3.05, 3.63) is 35.6 Å². The summed E-state index contributed by atoms with van der Waals surface area (Å²) in [7, 11) is 0. The third kappa shape index (κ3) is 4.51. The van der Waals surface area contributed by atoms with E-state index in [2.05, 4.69) is 5.32 Å². The minimum atomic E-state index is -0.453. The fraction of sp³-hybridized carbons (Fsp3) is 0.650. The molecule has 1 amide bonds. The number of hydrogen-bond acceptors (Lipinski definition) is 3. The molecule has 0 radical (unpaired) electrons. The number of benzene rings is 1. The minimum absolute atomic E-state index is 0.135. The summed E-state index contributed by atoms with van der Waals surface area (Å²) < 4.78 is 19.2. The van der Waals surface area contributed by atoms with Crippen LogP contribution in [0.2, 0.25) is 0 Å². The van der Waals surface area contributed by atoms with Crippen molar-refractivity contribution in [3.8, 4) is 0 Å². The number of ether oxygens (including phenoxy) is 1. The van der Waals surface area contributed by atoms with Crippen molar-refractivity contribution in [1.82, 2.24) is 10.2 Å². The lowest BCUT2D eigenvalue weighted by molar-refractivity contribution is 0.00477. The Morgan fingerprint density at radius 1 is 1.24 bits per heavy atom. The van der Waals surface area contributed by atoms with Gasteiger partial charge in [0.1, 0.15) is 11.4 Å². The number of amides is 1. The Labute approximate surface area is 149 Å². The number of piperidine rings is 1. The molecular weight excluding hydrogens is 319 g/mol. The summed E-state index contributed by atoms with van der Waals surface area (Å²) in [5.74, 6) is -0.135. The Balaban J connectivity index is 1.50. The molecule has 0 aliphatic carbocycles. The lowest BCUT2D eigenvalue weighted by atomic mass is 9.97. The summed E-state index contributed by atoms with van der Waals surface area (Å²) in [5, 5.41) is 3.56. The van der Waals surface area contributed by atoms with Gasteiger partial charge in [-0.2, -0.15) is 0 Å². The molecular formula is C20H29FN2O2. The van der Waals surface area contributed by atoms with E-state index in [1.54, 1.807) is 6.07 Å². The molecule has 0 spiro atoms. The number of halogens is 1. The predicted molar refractivity (Wildman–Crippen MR) is 96.0 cm³/mol. The molecule has 1 aromatic rings. The van der Waals surface area contributed by atoms with E-state index in [0.29, 0.717) is 12.5 Å². The Bertz CT molecular complexity index is 600. The highest BCUT2D eigenvalue weighted by Crippen LogP contribution is 2.36. The maximum Gasteiger partial charge on any atom is 0.410 e. The fourth-order valence-electron chi connectivity index (χ4n) is 4.07. The van der Waals surface area contributed by atoms with Gasteiger partial charge in [-0.3, -0.25) is 0 Å². The number of nitrogens with one attached hydrogen (secondary N) is 1. The van der Waals surface area contributed by atoms with Gasteiger partial charge in [0, 0.05) is 18.1 Å². The summed E-state index contributed by atoms with van der Waals surface area (Å²) in [6, 6.07) is 7.86. The number of hydrogen-bond donors (Lipinski definition) is 1. The van der Waals surface area contributed by atoms with Gasteiger partial charge in [-0.25, -0.2) is 9.18 Å². The zero-order chi connectivity index (χ0) is 18.0. The van der Waals surface area contributed by atoms with Crippen LogP contribution >= 0.6 is 0 Å². The van der Waals surface area contributed by atoms with Crippen molar-refractivity contribution in [2.45, 2.75) is 76.6 Å². The molecule has 0 unspecified atom stereocenters. The molecule has 25 heavy (non-hydrogen) atoms. The normalized spacial score (nSPS) is 25.9. The summed E-state index contributed by atoms with van der Waals surface area (Å²) >= 11 is 0. The quantitative estimate of drug-likeness (QED) is 0.897. The van der Waals surface area contributed by atoms with Gasteiger partial charge in [-0.05, 0) is 71.0 Å². The highest BCUT2D eigenvalue weighted by Gasteiger charge is 2.44. The van der Waals surface area contributed by atoms with Gasteiger partial charge >= 0.3 is 6.09 Å². The molecule has 0 saturated carbocycles. The van der Waals surface area contributed by atoms with Crippen LogP contribution in [-0.4, -0.2) is 41.3 Å². The van der Waals surface area contributed by atoms with Gasteiger partial charge in [-0.15, -0.1) is 0 Å². The monoisotopic (exact) mass is 348 g/mol. The molecule has 0 aromatic heterocycles. The van der Waals surface area contributed by atoms with E-state index in [4.69, 9.17) is 4.74 Å². The zero-order valence-corrected chi connectivity index (χ0v) is 15.4. The standard InChI is InChI=1S/C20H29FN2O2/c1-20(2,3)25-19(24)23-16-8-9-17(23)13-15(12-16)22-11-10-14-6-4-5-7-18(14)21/h4-7,15-17,22H,8-13H2,1-3H3/t16-,17-/m0/s1. The Morgan fingerprint density at radius 3 is 2.48 bits per heavy atom. The first-order valence-corrected chi connectivity index (χ1v) is 9.31. The van der Waals surface area contributed by atoms with Gasteiger partial charge in [0.2, 0.25) is 0 Å². The van der Waals surface area contributed by atoms with Crippen LogP contribution in [0.15, 0.2) is 24.3 Å². The Hall–Kier alpha value is -1.62. The van der Waals surface area contributed by atoms with Crippen molar-refractivity contribution in [3.63, 3.8) is 0 Å². The molecule has 2 aliphatic rings. The molecule has 5 heteroatoms. The van der Waals surface area contributed by atoms with Gasteiger partial charge in [0.05, 0.1) is 0 Å². The number of carbonyl (C=O) groups is 1. The van der Waals surface area contributed by atoms with Crippen LogP contribution in [0.1, 0.15) is 52.0 Å². The largest absolute Gasteiger partial charge is 0.444 e. The first-order valence-electron chi connectivity index (χ1n) is 9.31. The smallest absolute Gasteiger partial charge is 0.410 e. The van der Waals surface area contributed by atoms with Crippen LogP contribution in [0.4, 0.5) is 9.18 Å². The van der Waals surface area contributed by atoms with Crippen LogP contribution in [0, 0.1) is 5.82 Å². The molecule has 2 aliphatic heterocycles. The van der Waals surface area contributed by atoms with Crippen LogP contribution in [0.3, 0.4) is 0 Å². The zero-order valence-electron chi connectivity index (χ0n) is 15.4. The average molecular weight is 348 g/mol. The number of nitrogens with zero attached hydrogens (tertiary/aromatic N) is 1. The van der Waals surface area contributed by atoms with Crippen molar-refractivity contribution >= 4 is 6.09 Å². The Kier molecular flexibility index (Phi) is 5.32. The van der Waals surface area contributed by atoms with Crippen molar-refractivity contribution < 1.29 is 13.9 Å². The van der Waals surface area contributed by atoms with Gasteiger partial charge in [0.15, 0.2) is 0 Å². The van der Waals surface area contributed by atoms with Crippen LogP contribution in [0.25, 0.3) is 0 Å². The van der Waals surface area contributed by atoms with Crippen molar-refractivity contribution in [2.75, 3.05) is 6.54 Å². The van der Waals surface area contributed by atoms with Gasteiger partial charge in [0.25, 0.3) is 0 Å². The van der Waals surface area contributed by atoms with Gasteiger partial charge < -0.3 is 15.0 Å². The lowest BCUT2D eigenvalue weighted by Crippen LogP contribution is -2.52. The van der Waals surface area contributed by atoms with E-state index in [0.717, 1.165) is 37.8 Å². The lowest BCUT2D eigenvalue weighted by Gasteiger charge is -2.39. The fourth-order valence-corrected chi connectivity index (χ4v) is 4.07. The van der Waals surface area contributed by atoms with Crippen LogP contribution < -0.4 is 5.32 Å². The maximum absolute atomic E-state index is 13.7. The number of carbonyl (C=O) groups excluding carboxylic acids is 1. The molecule has 2 atom stereocenters. The molecule has 1 aromatic carbocycles. The molecule has 2 bridgehead atoms. The molecule has 1 N–H and O–H groups in total. The summed E-state index contributed by atoms with van der Waals surface area (Å²) in [6.07, 6.45) is 4.52. The van der Waals surface area contributed by atoms with E-state index >= 15 is 0 Å². The number of fused-ring (bicyclic) bond motifs is 2. The predicted octanol–water partition coefficient (Wildman–Crippen LogP) is 3.89. The van der Waals surface area contributed by atoms with E-state index in [1.807, 2.05) is 37.8 Å². The van der Waals surface area contributed by atoms with Crippen LogP contribution in [0.5, 0.6) is 0 Å². The molecule has 4 nitrogen and oxygen atoms in total. The summed E-state index contributed by atoms with van der Waals surface area (Å²) in [5.41, 5.74) is 0.301. The van der Waals surface area contributed by atoms with Crippen molar-refractivity contribution in [1.29, 1.82) is 0 Å². The molecule has 2 fully saturated rings. The molecule has 3 rings (SSSR count). The topological polar surface area (TPSA) is 41.6 Å². The molecule has 2 saturated heterocycles. The van der Waals surface area contributed by atoms with Crippen molar-refractivity contribution in [2.24, 2.45) is 0 Å². The average Bonchev–Trinajstić information content (AvgIpc) is 2.79. The maximum atomic E-state index is 13.7. The molecule has 138 valence electrons. The highest BCUT2D eigenvalue weighted by atomic mass is 19.1. The van der Waals surface area contributed by atoms with Gasteiger partial charge in [-0.1, -0.05) is 18.2 Å². The number of rotatable bonds is 4. The minimum Gasteiger partial charge on any atom is -0.444 e. The van der Waals surface area contributed by atoms with E-state index < -0.39 is 5.60 Å². The third-order valence-corrected chi connectivity index (χ3v) is 5.12. The summed E-state index contributed by atoms with van der Waals surface area (Å²) in [6.45, 7) is 6.48. The third-order valence-electron chi connectivity index (χ3n) is 5.12. The second kappa shape index (κ2) is 7.32. The van der Waals surface area contributed by atoms with E-state index in [-0.39, 0.29) is 24.0 Å². The van der Waals surface area contributed by atoms with E-state index in [9.17, 15) is 9.18 Å². The second-order valence-electron chi connectivity index (χ2n) is 8.24.